The van der Waals surface area contributed by atoms with Crippen molar-refractivity contribution in [3.05, 3.63) is 47.6 Å². The number of likely N-dealkylation sites (tertiary alicyclic amines) is 1. The van der Waals surface area contributed by atoms with Crippen molar-refractivity contribution in [3.8, 4) is 0 Å². The van der Waals surface area contributed by atoms with Crippen molar-refractivity contribution in [1.29, 1.82) is 0 Å². The summed E-state index contributed by atoms with van der Waals surface area (Å²) in [4.78, 5) is 19.4. The SMILES string of the molecule is Cc1cnn(C[C@H]2CCCCN2C(=O)c2cc3nc(C)ccc3o2)c1. The monoisotopic (exact) mass is 338 g/mol. The lowest BCUT2D eigenvalue weighted by Gasteiger charge is -2.35. The van der Waals surface area contributed by atoms with Crippen LogP contribution in [-0.2, 0) is 6.54 Å². The van der Waals surface area contributed by atoms with E-state index in [1.165, 1.54) is 0 Å². The third-order valence-corrected chi connectivity index (χ3v) is 4.77. The summed E-state index contributed by atoms with van der Waals surface area (Å²) >= 11 is 0. The maximum atomic E-state index is 13.0. The molecule has 0 radical (unpaired) electrons. The molecule has 6 nitrogen and oxygen atoms in total. The van der Waals surface area contributed by atoms with Crippen molar-refractivity contribution in [2.24, 2.45) is 0 Å². The second-order valence-electron chi connectivity index (χ2n) is 6.83. The first-order valence-electron chi connectivity index (χ1n) is 8.77. The van der Waals surface area contributed by atoms with Gasteiger partial charge in [-0.1, -0.05) is 0 Å². The number of hydrogen-bond acceptors (Lipinski definition) is 4. The van der Waals surface area contributed by atoms with Gasteiger partial charge in [-0.25, -0.2) is 4.98 Å². The number of hydrogen-bond donors (Lipinski definition) is 0. The Labute approximate surface area is 146 Å². The van der Waals surface area contributed by atoms with Crippen LogP contribution in [0.2, 0.25) is 0 Å². The zero-order valence-electron chi connectivity index (χ0n) is 14.6. The van der Waals surface area contributed by atoms with E-state index >= 15 is 0 Å². The lowest BCUT2D eigenvalue weighted by molar-refractivity contribution is 0.0554. The van der Waals surface area contributed by atoms with Crippen molar-refractivity contribution in [3.63, 3.8) is 0 Å². The van der Waals surface area contributed by atoms with E-state index in [2.05, 4.69) is 10.1 Å². The Balaban J connectivity index is 1.59. The fourth-order valence-electron chi connectivity index (χ4n) is 3.51. The van der Waals surface area contributed by atoms with Crippen LogP contribution in [0.3, 0.4) is 0 Å². The number of rotatable bonds is 3. The van der Waals surface area contributed by atoms with Gasteiger partial charge in [0.15, 0.2) is 11.3 Å². The molecule has 4 heterocycles. The Kier molecular flexibility index (Phi) is 4.03. The third kappa shape index (κ3) is 3.16. The molecule has 0 bridgehead atoms. The summed E-state index contributed by atoms with van der Waals surface area (Å²) in [6.07, 6.45) is 7.02. The fourth-order valence-corrected chi connectivity index (χ4v) is 3.51. The molecule has 1 amide bonds. The second kappa shape index (κ2) is 6.35. The minimum absolute atomic E-state index is 0.0516. The quantitative estimate of drug-likeness (QED) is 0.735. The van der Waals surface area contributed by atoms with Crippen LogP contribution >= 0.6 is 0 Å². The predicted molar refractivity (Wildman–Crippen MR) is 94.4 cm³/mol. The van der Waals surface area contributed by atoms with Crippen LogP contribution < -0.4 is 0 Å². The lowest BCUT2D eigenvalue weighted by atomic mass is 10.0. The summed E-state index contributed by atoms with van der Waals surface area (Å²) in [5.74, 6) is 0.320. The van der Waals surface area contributed by atoms with E-state index in [0.29, 0.717) is 11.3 Å². The molecule has 3 aromatic rings. The fraction of sp³-hybridized carbons (Fsp3) is 0.421. The lowest BCUT2D eigenvalue weighted by Crippen LogP contribution is -2.45. The van der Waals surface area contributed by atoms with Gasteiger partial charge in [-0.15, -0.1) is 0 Å². The van der Waals surface area contributed by atoms with Gasteiger partial charge in [0, 0.05) is 24.5 Å². The molecule has 3 aromatic heterocycles. The summed E-state index contributed by atoms with van der Waals surface area (Å²) in [5, 5.41) is 4.37. The van der Waals surface area contributed by atoms with Crippen LogP contribution in [0.5, 0.6) is 0 Å². The number of pyridine rings is 1. The first-order valence-corrected chi connectivity index (χ1v) is 8.77. The molecule has 4 rings (SSSR count). The molecule has 1 atom stereocenters. The van der Waals surface area contributed by atoms with Crippen molar-refractivity contribution in [1.82, 2.24) is 19.7 Å². The first kappa shape index (κ1) is 15.9. The van der Waals surface area contributed by atoms with Gasteiger partial charge in [0.25, 0.3) is 5.91 Å². The minimum atomic E-state index is -0.0516. The Bertz CT molecular complexity index is 911. The zero-order chi connectivity index (χ0) is 17.4. The maximum absolute atomic E-state index is 13.0. The standard InChI is InChI=1S/C19H22N4O2/c1-13-10-20-22(11-13)12-15-5-3-4-8-23(15)19(24)18-9-16-17(25-18)7-6-14(2)21-16/h6-7,9-11,15H,3-5,8,12H2,1-2H3/t15-/m1/s1. The molecular weight excluding hydrogens is 316 g/mol. The number of fused-ring (bicyclic) bond motifs is 1. The number of aryl methyl sites for hydroxylation is 2. The van der Waals surface area contributed by atoms with Gasteiger partial charge in [0.1, 0.15) is 5.52 Å². The molecule has 130 valence electrons. The van der Waals surface area contributed by atoms with Gasteiger partial charge in [-0.3, -0.25) is 9.48 Å². The molecule has 0 unspecified atom stereocenters. The summed E-state index contributed by atoms with van der Waals surface area (Å²) in [6, 6.07) is 5.66. The smallest absolute Gasteiger partial charge is 0.289 e. The largest absolute Gasteiger partial charge is 0.449 e. The summed E-state index contributed by atoms with van der Waals surface area (Å²) in [5.41, 5.74) is 3.44. The highest BCUT2D eigenvalue weighted by atomic mass is 16.3. The van der Waals surface area contributed by atoms with Gasteiger partial charge < -0.3 is 9.32 Å². The number of nitrogens with zero attached hydrogens (tertiary/aromatic N) is 4. The highest BCUT2D eigenvalue weighted by Gasteiger charge is 2.30. The molecule has 25 heavy (non-hydrogen) atoms. The summed E-state index contributed by atoms with van der Waals surface area (Å²) in [7, 11) is 0. The number of carbonyl (C=O) groups is 1. The van der Waals surface area contributed by atoms with Crippen molar-refractivity contribution in [2.45, 2.75) is 45.7 Å². The first-order chi connectivity index (χ1) is 12.1. The highest BCUT2D eigenvalue weighted by molar-refractivity contribution is 5.95. The normalized spacial score (nSPS) is 18.0. The Hall–Kier alpha value is -2.63. The van der Waals surface area contributed by atoms with Gasteiger partial charge in [-0.05, 0) is 50.8 Å². The number of furan rings is 1. The molecule has 1 fully saturated rings. The molecule has 1 saturated heterocycles. The third-order valence-electron chi connectivity index (χ3n) is 4.77. The molecule has 1 aliphatic rings. The molecule has 0 aliphatic carbocycles. The maximum Gasteiger partial charge on any atom is 0.289 e. The highest BCUT2D eigenvalue weighted by Crippen LogP contribution is 2.24. The van der Waals surface area contributed by atoms with Crippen LogP contribution in [0.15, 0.2) is 35.0 Å². The van der Waals surface area contributed by atoms with E-state index < -0.39 is 0 Å². The zero-order valence-corrected chi connectivity index (χ0v) is 14.6. The van der Waals surface area contributed by atoms with E-state index in [4.69, 9.17) is 4.42 Å². The molecule has 0 aromatic carbocycles. The summed E-state index contributed by atoms with van der Waals surface area (Å²) in [6.45, 7) is 5.43. The molecule has 6 heteroatoms. The van der Waals surface area contributed by atoms with E-state index in [1.807, 2.05) is 48.0 Å². The van der Waals surface area contributed by atoms with Crippen molar-refractivity contribution in [2.75, 3.05) is 6.54 Å². The molecule has 0 N–H and O–H groups in total. The number of carbonyl (C=O) groups excluding carboxylic acids is 1. The van der Waals surface area contributed by atoms with E-state index in [0.717, 1.165) is 49.1 Å². The van der Waals surface area contributed by atoms with Crippen molar-refractivity contribution >= 4 is 17.0 Å². The van der Waals surface area contributed by atoms with Crippen LogP contribution in [0, 0.1) is 13.8 Å². The van der Waals surface area contributed by atoms with Crippen LogP contribution in [0.4, 0.5) is 0 Å². The van der Waals surface area contributed by atoms with Gasteiger partial charge in [-0.2, -0.15) is 5.10 Å². The van der Waals surface area contributed by atoms with Gasteiger partial charge in [0.2, 0.25) is 0 Å². The van der Waals surface area contributed by atoms with E-state index in [-0.39, 0.29) is 11.9 Å². The summed E-state index contributed by atoms with van der Waals surface area (Å²) < 4.78 is 7.69. The van der Waals surface area contributed by atoms with Gasteiger partial charge >= 0.3 is 0 Å². The van der Waals surface area contributed by atoms with E-state index in [9.17, 15) is 4.79 Å². The van der Waals surface area contributed by atoms with Crippen molar-refractivity contribution < 1.29 is 9.21 Å². The molecule has 0 saturated carbocycles. The predicted octanol–water partition coefficient (Wildman–Crippen LogP) is 3.34. The van der Waals surface area contributed by atoms with Gasteiger partial charge in [0.05, 0.1) is 18.8 Å². The number of amides is 1. The van der Waals surface area contributed by atoms with E-state index in [1.54, 1.807) is 6.07 Å². The molecule has 1 aliphatic heterocycles. The Morgan fingerprint density at radius 3 is 3.00 bits per heavy atom. The number of piperidine rings is 1. The van der Waals surface area contributed by atoms with Crippen LogP contribution in [0.1, 0.15) is 41.1 Å². The Morgan fingerprint density at radius 1 is 1.32 bits per heavy atom. The molecular formula is C19H22N4O2. The second-order valence-corrected chi connectivity index (χ2v) is 6.83. The van der Waals surface area contributed by atoms with Crippen LogP contribution in [-0.4, -0.2) is 38.2 Å². The topological polar surface area (TPSA) is 64.2 Å². The average Bonchev–Trinajstić information content (AvgIpc) is 3.20. The Morgan fingerprint density at radius 2 is 2.20 bits per heavy atom. The minimum Gasteiger partial charge on any atom is -0.449 e. The molecule has 0 spiro atoms. The number of aromatic nitrogens is 3. The average molecular weight is 338 g/mol. The van der Waals surface area contributed by atoms with Crippen LogP contribution in [0.25, 0.3) is 11.1 Å².